The van der Waals surface area contributed by atoms with Crippen molar-refractivity contribution in [2.45, 2.75) is 105 Å². The molecule has 0 bridgehead atoms. The summed E-state index contributed by atoms with van der Waals surface area (Å²) in [6.45, 7) is 11.1. The van der Waals surface area contributed by atoms with Crippen LogP contribution in [0, 0.1) is 0 Å². The van der Waals surface area contributed by atoms with Crippen molar-refractivity contribution in [1.82, 2.24) is 4.98 Å². The minimum atomic E-state index is -0.361. The lowest BCUT2D eigenvalue weighted by Gasteiger charge is -2.13. The van der Waals surface area contributed by atoms with Crippen LogP contribution in [0.5, 0.6) is 0 Å². The number of carbonyl (C=O) groups is 2. The number of aromatic nitrogens is 1. The van der Waals surface area contributed by atoms with E-state index < -0.39 is 0 Å². The molecule has 2 atom stereocenters. The van der Waals surface area contributed by atoms with E-state index in [1.807, 2.05) is 32.0 Å². The van der Waals surface area contributed by atoms with E-state index in [4.69, 9.17) is 9.84 Å². The molecule has 0 saturated heterocycles. The maximum absolute atomic E-state index is 10.6. The van der Waals surface area contributed by atoms with E-state index in [0.717, 1.165) is 44.9 Å². The fraction of sp³-hybridized carbons (Fsp3) is 0.696. The third-order valence-corrected chi connectivity index (χ3v) is 3.60. The number of aliphatic hydroxyl groups excluding tert-OH is 1. The number of esters is 1. The van der Waals surface area contributed by atoms with Crippen LogP contribution in [0.3, 0.4) is 0 Å². The van der Waals surface area contributed by atoms with E-state index in [9.17, 15) is 9.59 Å². The van der Waals surface area contributed by atoms with Gasteiger partial charge < -0.3 is 9.84 Å². The second kappa shape index (κ2) is 26.5. The maximum atomic E-state index is 10.6. The van der Waals surface area contributed by atoms with Gasteiger partial charge in [-0.1, -0.05) is 59.4 Å². The van der Waals surface area contributed by atoms with Crippen LogP contribution in [-0.2, 0) is 14.3 Å². The summed E-state index contributed by atoms with van der Waals surface area (Å²) < 4.78 is 5.06. The third kappa shape index (κ3) is 37.9. The van der Waals surface area contributed by atoms with Gasteiger partial charge in [0, 0.05) is 26.2 Å². The van der Waals surface area contributed by atoms with Gasteiger partial charge in [-0.2, -0.15) is 0 Å². The van der Waals surface area contributed by atoms with E-state index in [1.165, 1.54) is 20.3 Å². The predicted octanol–water partition coefficient (Wildman–Crippen LogP) is 6.32. The fourth-order valence-corrected chi connectivity index (χ4v) is 1.97. The van der Waals surface area contributed by atoms with E-state index in [0.29, 0.717) is 0 Å². The quantitative estimate of drug-likeness (QED) is 0.365. The third-order valence-electron chi connectivity index (χ3n) is 3.60. The molecule has 170 valence electrons. The molecule has 0 aliphatic carbocycles. The van der Waals surface area contributed by atoms with Gasteiger partial charge in [-0.25, -0.2) is 0 Å². The van der Waals surface area contributed by atoms with Crippen LogP contribution < -0.4 is 0 Å². The molecule has 6 heteroatoms. The largest absolute Gasteiger partial charge is 0.463 e. The van der Waals surface area contributed by atoms with Crippen molar-refractivity contribution in [1.29, 1.82) is 0 Å². The number of halogens is 1. The summed E-state index contributed by atoms with van der Waals surface area (Å²) in [7, 11) is 0. The minimum absolute atomic E-state index is 0.0463. The number of hydrogen-bond donors (Lipinski definition) is 1. The Balaban J connectivity index is -0.000000330. The number of rotatable bonds is 9. The zero-order chi connectivity index (χ0) is 22.9. The van der Waals surface area contributed by atoms with Crippen LogP contribution >= 0.6 is 11.6 Å². The molecule has 0 unspecified atom stereocenters. The van der Waals surface area contributed by atoms with Gasteiger partial charge in [-0.15, -0.1) is 0 Å². The van der Waals surface area contributed by atoms with Gasteiger partial charge in [-0.05, 0) is 49.4 Å². The molecule has 5 nitrogen and oxygen atoms in total. The van der Waals surface area contributed by atoms with Crippen molar-refractivity contribution in [3.8, 4) is 0 Å². The summed E-state index contributed by atoms with van der Waals surface area (Å²) in [5, 5.41) is 8.63. The van der Waals surface area contributed by atoms with Gasteiger partial charge in [0.2, 0.25) is 5.24 Å². The van der Waals surface area contributed by atoms with Crippen LogP contribution in [0.2, 0.25) is 0 Å². The number of aliphatic hydroxyl groups is 1. The number of nitrogens with zero attached hydrogens (tertiary/aromatic N) is 1. The van der Waals surface area contributed by atoms with Gasteiger partial charge in [0.15, 0.2) is 0 Å². The summed E-state index contributed by atoms with van der Waals surface area (Å²) >= 11 is 4.64. The molecular formula is C23H42ClNO4. The van der Waals surface area contributed by atoms with Gasteiger partial charge in [0.25, 0.3) is 0 Å². The van der Waals surface area contributed by atoms with Gasteiger partial charge >= 0.3 is 5.97 Å². The zero-order valence-corrected chi connectivity index (χ0v) is 20.0. The Bertz CT molecular complexity index is 427. The van der Waals surface area contributed by atoms with Crippen LogP contribution in [0.15, 0.2) is 30.6 Å². The molecule has 0 aliphatic heterocycles. The zero-order valence-electron chi connectivity index (χ0n) is 19.2. The number of unbranched alkanes of at least 4 members (excludes halogenated alkanes) is 2. The lowest BCUT2D eigenvalue weighted by atomic mass is 10.1. The first kappa shape index (κ1) is 32.2. The predicted molar refractivity (Wildman–Crippen MR) is 122 cm³/mol. The van der Waals surface area contributed by atoms with Gasteiger partial charge in [0.1, 0.15) is 6.10 Å². The normalized spacial score (nSPS) is 11.2. The molecule has 0 aliphatic rings. The molecule has 1 N–H and O–H groups in total. The first-order valence-corrected chi connectivity index (χ1v) is 11.0. The highest BCUT2D eigenvalue weighted by atomic mass is 35.5. The molecule has 0 aromatic carbocycles. The summed E-state index contributed by atoms with van der Waals surface area (Å²) in [5.41, 5.74) is 0. The summed E-state index contributed by atoms with van der Waals surface area (Å²) in [6.07, 6.45) is 12.1. The summed E-state index contributed by atoms with van der Waals surface area (Å²) in [4.78, 5) is 23.5. The molecule has 0 saturated carbocycles. The highest BCUT2D eigenvalue weighted by Gasteiger charge is 2.07. The smallest absolute Gasteiger partial charge is 0.302 e. The van der Waals surface area contributed by atoms with Crippen molar-refractivity contribution < 1.29 is 19.4 Å². The van der Waals surface area contributed by atoms with Crippen LogP contribution in [0.4, 0.5) is 0 Å². The number of ether oxygens (including phenoxy) is 1. The molecule has 0 fully saturated rings. The topological polar surface area (TPSA) is 76.5 Å². The molecule has 1 aromatic rings. The molecule has 0 amide bonds. The highest BCUT2D eigenvalue weighted by Crippen LogP contribution is 2.08. The average molecular weight is 432 g/mol. The second-order valence-electron chi connectivity index (χ2n) is 6.48. The first-order chi connectivity index (χ1) is 13.7. The van der Waals surface area contributed by atoms with Crippen LogP contribution in [0.1, 0.15) is 92.9 Å². The molecule has 1 heterocycles. The Hall–Kier alpha value is -1.46. The molecule has 0 radical (unpaired) electrons. The number of hydrogen-bond acceptors (Lipinski definition) is 5. The van der Waals surface area contributed by atoms with Crippen molar-refractivity contribution in [2.24, 2.45) is 0 Å². The van der Waals surface area contributed by atoms with Crippen molar-refractivity contribution in [3.63, 3.8) is 0 Å². The molecule has 0 spiro atoms. The second-order valence-corrected chi connectivity index (χ2v) is 7.01. The standard InChI is InChI=1S/C9H18O2.C7H16O.C5H5N.C2H3ClO/c1-4-6-7-9(5-2)11-8(3)10;1-3-5-6-7(8)4-2;1-2-4-6-5-3-1;1-2(3)4/h9H,4-7H2,1-3H3;7-8H,3-6H2,1-2H3;1-5H;1H3/t9-;7-;;/m00../s1. The lowest BCUT2D eigenvalue weighted by molar-refractivity contribution is -0.146. The van der Waals surface area contributed by atoms with E-state index >= 15 is 0 Å². The Kier molecular flexibility index (Phi) is 29.5. The maximum Gasteiger partial charge on any atom is 0.302 e. The minimum Gasteiger partial charge on any atom is -0.463 e. The van der Waals surface area contributed by atoms with Crippen molar-refractivity contribution in [2.75, 3.05) is 0 Å². The monoisotopic (exact) mass is 431 g/mol. The number of pyridine rings is 1. The van der Waals surface area contributed by atoms with Crippen LogP contribution in [-0.4, -0.2) is 33.5 Å². The van der Waals surface area contributed by atoms with Crippen molar-refractivity contribution >= 4 is 22.8 Å². The fourth-order valence-electron chi connectivity index (χ4n) is 1.97. The molecule has 29 heavy (non-hydrogen) atoms. The van der Waals surface area contributed by atoms with Gasteiger partial charge in [0.05, 0.1) is 6.10 Å². The van der Waals surface area contributed by atoms with Gasteiger partial charge in [-0.3, -0.25) is 14.6 Å². The molecule has 1 rings (SSSR count). The Morgan fingerprint density at radius 1 is 0.931 bits per heavy atom. The highest BCUT2D eigenvalue weighted by molar-refractivity contribution is 6.62. The SMILES string of the molecule is CC(=O)Cl.CCCC[C@@H](O)CC.CCCC[C@H](CC)OC(C)=O.c1ccncc1. The Morgan fingerprint density at radius 2 is 1.41 bits per heavy atom. The number of carbonyl (C=O) groups excluding carboxylic acids is 2. The van der Waals surface area contributed by atoms with Crippen molar-refractivity contribution in [3.05, 3.63) is 30.6 Å². The Labute approximate surface area is 183 Å². The van der Waals surface area contributed by atoms with E-state index in [-0.39, 0.29) is 23.4 Å². The van der Waals surface area contributed by atoms with E-state index in [1.54, 1.807) is 12.4 Å². The Morgan fingerprint density at radius 3 is 1.69 bits per heavy atom. The van der Waals surface area contributed by atoms with Crippen LogP contribution in [0.25, 0.3) is 0 Å². The van der Waals surface area contributed by atoms with E-state index in [2.05, 4.69) is 30.4 Å². The lowest BCUT2D eigenvalue weighted by Crippen LogP contribution is -2.14. The summed E-state index contributed by atoms with van der Waals surface area (Å²) in [5.74, 6) is -0.159. The average Bonchev–Trinajstić information content (AvgIpc) is 2.70. The molecular weight excluding hydrogens is 390 g/mol. The summed E-state index contributed by atoms with van der Waals surface area (Å²) in [6, 6.07) is 5.72. The molecule has 1 aromatic heterocycles. The first-order valence-electron chi connectivity index (χ1n) is 10.6.